The van der Waals surface area contributed by atoms with Crippen molar-refractivity contribution >= 4 is 5.78 Å². The molecule has 1 aliphatic heterocycles. The van der Waals surface area contributed by atoms with E-state index in [0.717, 1.165) is 18.7 Å². The predicted molar refractivity (Wildman–Crippen MR) is 80.8 cm³/mol. The van der Waals surface area contributed by atoms with Crippen LogP contribution in [0.4, 0.5) is 0 Å². The van der Waals surface area contributed by atoms with Gasteiger partial charge in [0.15, 0.2) is 5.78 Å². The molecule has 0 unspecified atom stereocenters. The van der Waals surface area contributed by atoms with Crippen molar-refractivity contribution in [3.05, 3.63) is 35.9 Å². The summed E-state index contributed by atoms with van der Waals surface area (Å²) in [4.78, 5) is 14.4. The molecule has 0 spiro atoms. The molecule has 1 saturated heterocycles. The number of rotatable bonds is 4. The molecule has 0 radical (unpaired) electrons. The summed E-state index contributed by atoms with van der Waals surface area (Å²) >= 11 is 0. The molecule has 0 aromatic heterocycles. The van der Waals surface area contributed by atoms with Crippen molar-refractivity contribution in [2.45, 2.75) is 45.3 Å². The van der Waals surface area contributed by atoms with Crippen molar-refractivity contribution in [2.24, 2.45) is 0 Å². The Labute approximate surface area is 121 Å². The van der Waals surface area contributed by atoms with Crippen LogP contribution in [0.3, 0.4) is 0 Å². The number of morpholine rings is 1. The van der Waals surface area contributed by atoms with Crippen molar-refractivity contribution in [3.8, 4) is 0 Å². The molecule has 2 rings (SSSR count). The molecule has 0 amide bonds. The molecule has 20 heavy (non-hydrogen) atoms. The van der Waals surface area contributed by atoms with Crippen molar-refractivity contribution in [3.63, 3.8) is 0 Å². The number of hydrogen-bond donors (Lipinski definition) is 0. The van der Waals surface area contributed by atoms with Gasteiger partial charge in [0.05, 0.1) is 17.7 Å². The Kier molecular flexibility index (Phi) is 4.31. The molecule has 1 aromatic rings. The van der Waals surface area contributed by atoms with Crippen LogP contribution in [0.2, 0.25) is 0 Å². The first-order chi connectivity index (χ1) is 9.26. The van der Waals surface area contributed by atoms with Crippen LogP contribution in [0.25, 0.3) is 0 Å². The van der Waals surface area contributed by atoms with E-state index in [0.29, 0.717) is 13.0 Å². The van der Waals surface area contributed by atoms with E-state index in [1.807, 2.05) is 30.3 Å². The number of benzene rings is 1. The maximum Gasteiger partial charge on any atom is 0.151 e. The molecular formula is C17H25NO2. The molecule has 0 bridgehead atoms. The van der Waals surface area contributed by atoms with Crippen molar-refractivity contribution < 1.29 is 9.53 Å². The fourth-order valence-electron chi connectivity index (χ4n) is 3.19. The Morgan fingerprint density at radius 1 is 1.10 bits per heavy atom. The van der Waals surface area contributed by atoms with Gasteiger partial charge in [0, 0.05) is 19.5 Å². The van der Waals surface area contributed by atoms with E-state index in [9.17, 15) is 4.79 Å². The van der Waals surface area contributed by atoms with Gasteiger partial charge in [-0.05, 0) is 33.3 Å². The number of Topliss-reactive ketones (excluding diaryl/α,β-unsaturated/α-hetero) is 1. The number of carbonyl (C=O) groups is 1. The van der Waals surface area contributed by atoms with E-state index in [4.69, 9.17) is 4.74 Å². The molecule has 0 atom stereocenters. The minimum absolute atomic E-state index is 0.200. The van der Waals surface area contributed by atoms with Crippen LogP contribution >= 0.6 is 0 Å². The highest BCUT2D eigenvalue weighted by molar-refractivity contribution is 5.82. The lowest BCUT2D eigenvalue weighted by Crippen LogP contribution is -2.58. The minimum Gasteiger partial charge on any atom is -0.367 e. The fraction of sp³-hybridized carbons (Fsp3) is 0.588. The number of ether oxygens (including phenoxy) is 1. The van der Waals surface area contributed by atoms with E-state index >= 15 is 0 Å². The first-order valence-electron chi connectivity index (χ1n) is 7.24. The molecule has 1 heterocycles. The van der Waals surface area contributed by atoms with Crippen LogP contribution in [0.5, 0.6) is 0 Å². The van der Waals surface area contributed by atoms with Gasteiger partial charge in [-0.25, -0.2) is 0 Å². The average Bonchev–Trinajstić information content (AvgIpc) is 2.25. The van der Waals surface area contributed by atoms with Gasteiger partial charge in [-0.2, -0.15) is 0 Å². The zero-order valence-corrected chi connectivity index (χ0v) is 13.0. The topological polar surface area (TPSA) is 29.5 Å². The number of ketones is 1. The predicted octanol–water partition coefficient (Wildman–Crippen LogP) is 2.69. The van der Waals surface area contributed by atoms with Gasteiger partial charge in [-0.3, -0.25) is 9.69 Å². The van der Waals surface area contributed by atoms with Gasteiger partial charge in [0.2, 0.25) is 0 Å². The summed E-state index contributed by atoms with van der Waals surface area (Å²) in [6.07, 6.45) is 0.513. The highest BCUT2D eigenvalue weighted by Gasteiger charge is 2.38. The van der Waals surface area contributed by atoms with Crippen LogP contribution in [-0.4, -0.2) is 41.5 Å². The Morgan fingerprint density at radius 2 is 1.65 bits per heavy atom. The summed E-state index contributed by atoms with van der Waals surface area (Å²) in [5, 5.41) is 0. The summed E-state index contributed by atoms with van der Waals surface area (Å²) in [6.45, 7) is 10.5. The monoisotopic (exact) mass is 275 g/mol. The Hall–Kier alpha value is -1.19. The maximum absolute atomic E-state index is 12.2. The van der Waals surface area contributed by atoms with E-state index in [2.05, 4.69) is 32.6 Å². The second kappa shape index (κ2) is 5.66. The Bertz CT molecular complexity index is 449. The normalized spacial score (nSPS) is 21.6. The average molecular weight is 275 g/mol. The van der Waals surface area contributed by atoms with Gasteiger partial charge in [0.1, 0.15) is 0 Å². The lowest BCUT2D eigenvalue weighted by atomic mass is 9.98. The van der Waals surface area contributed by atoms with Gasteiger partial charge in [-0.1, -0.05) is 30.3 Å². The van der Waals surface area contributed by atoms with Crippen LogP contribution < -0.4 is 0 Å². The molecule has 110 valence electrons. The number of hydrogen-bond acceptors (Lipinski definition) is 3. The van der Waals surface area contributed by atoms with Crippen LogP contribution in [0, 0.1) is 0 Å². The summed E-state index contributed by atoms with van der Waals surface area (Å²) in [6, 6.07) is 9.93. The van der Waals surface area contributed by atoms with E-state index in [-0.39, 0.29) is 17.0 Å². The Morgan fingerprint density at radius 3 is 2.20 bits per heavy atom. The first kappa shape index (κ1) is 15.2. The summed E-state index contributed by atoms with van der Waals surface area (Å²) in [5.41, 5.74) is 0.688. The fourth-order valence-corrected chi connectivity index (χ4v) is 3.19. The third-order valence-electron chi connectivity index (χ3n) is 3.41. The van der Waals surface area contributed by atoms with Gasteiger partial charge in [-0.15, -0.1) is 0 Å². The van der Waals surface area contributed by atoms with E-state index in [1.54, 1.807) is 0 Å². The van der Waals surface area contributed by atoms with Gasteiger partial charge < -0.3 is 4.74 Å². The largest absolute Gasteiger partial charge is 0.367 e. The highest BCUT2D eigenvalue weighted by Crippen LogP contribution is 2.27. The van der Waals surface area contributed by atoms with Crippen molar-refractivity contribution in [1.82, 2.24) is 4.90 Å². The summed E-state index contributed by atoms with van der Waals surface area (Å²) in [5.74, 6) is 0.268. The standard InChI is InChI=1S/C17H25NO2/c1-16(2)12-18(13-17(3,4)20-16)11-15(19)10-14-8-6-5-7-9-14/h5-9H,10-13H2,1-4H3. The zero-order chi connectivity index (χ0) is 14.8. The highest BCUT2D eigenvalue weighted by atomic mass is 16.5. The zero-order valence-electron chi connectivity index (χ0n) is 13.0. The molecule has 1 aliphatic rings. The molecule has 3 heteroatoms. The molecule has 0 aliphatic carbocycles. The summed E-state index contributed by atoms with van der Waals surface area (Å²) < 4.78 is 6.04. The minimum atomic E-state index is -0.200. The Balaban J connectivity index is 1.94. The molecule has 0 N–H and O–H groups in total. The quantitative estimate of drug-likeness (QED) is 0.846. The van der Waals surface area contributed by atoms with Crippen LogP contribution in [0.1, 0.15) is 33.3 Å². The second-order valence-corrected chi connectivity index (χ2v) is 6.97. The van der Waals surface area contributed by atoms with Gasteiger partial charge in [0.25, 0.3) is 0 Å². The first-order valence-corrected chi connectivity index (χ1v) is 7.24. The number of carbonyl (C=O) groups excluding carboxylic acids is 1. The number of nitrogens with zero attached hydrogens (tertiary/aromatic N) is 1. The molecule has 0 saturated carbocycles. The molecule has 3 nitrogen and oxygen atoms in total. The molecule has 1 aromatic carbocycles. The lowest BCUT2D eigenvalue weighted by Gasteiger charge is -2.47. The van der Waals surface area contributed by atoms with E-state index < -0.39 is 0 Å². The third kappa shape index (κ3) is 4.43. The SMILES string of the molecule is CC1(C)CN(CC(=O)Cc2ccccc2)CC(C)(C)O1. The molecule has 1 fully saturated rings. The maximum atomic E-state index is 12.2. The summed E-state index contributed by atoms with van der Waals surface area (Å²) in [7, 11) is 0. The lowest BCUT2D eigenvalue weighted by molar-refractivity contribution is -0.180. The second-order valence-electron chi connectivity index (χ2n) is 6.97. The van der Waals surface area contributed by atoms with Crippen molar-refractivity contribution in [2.75, 3.05) is 19.6 Å². The van der Waals surface area contributed by atoms with Crippen LogP contribution in [0.15, 0.2) is 30.3 Å². The van der Waals surface area contributed by atoms with E-state index in [1.165, 1.54) is 0 Å². The van der Waals surface area contributed by atoms with Crippen LogP contribution in [-0.2, 0) is 16.0 Å². The van der Waals surface area contributed by atoms with Crippen molar-refractivity contribution in [1.29, 1.82) is 0 Å². The smallest absolute Gasteiger partial charge is 0.151 e. The van der Waals surface area contributed by atoms with Gasteiger partial charge >= 0.3 is 0 Å². The molecular weight excluding hydrogens is 250 g/mol. The third-order valence-corrected chi connectivity index (χ3v) is 3.41.